The Morgan fingerprint density at radius 2 is 1.74 bits per heavy atom. The Hall–Kier alpha value is -0.663. The first kappa shape index (κ1) is 16.4. The molecule has 19 heavy (non-hydrogen) atoms. The SMILES string of the molecule is Cc1cnc([Si](C)(C)C(C)(C)C)n1S(=O)(=O)N(C)C. The van der Waals surface area contributed by atoms with Gasteiger partial charge in [0.05, 0.1) is 5.69 Å². The van der Waals surface area contributed by atoms with Crippen LogP contribution < -0.4 is 5.45 Å². The van der Waals surface area contributed by atoms with Gasteiger partial charge in [0.2, 0.25) is 0 Å². The molecule has 0 unspecified atom stereocenters. The highest BCUT2D eigenvalue weighted by atomic mass is 32.2. The van der Waals surface area contributed by atoms with Gasteiger partial charge in [-0.2, -0.15) is 12.7 Å². The van der Waals surface area contributed by atoms with E-state index in [0.717, 1.165) is 0 Å². The van der Waals surface area contributed by atoms with Crippen LogP contribution in [0, 0.1) is 6.92 Å². The van der Waals surface area contributed by atoms with E-state index in [4.69, 9.17) is 0 Å². The van der Waals surface area contributed by atoms with Gasteiger partial charge in [0, 0.05) is 20.3 Å². The number of aryl methyl sites for hydroxylation is 1. The summed E-state index contributed by atoms with van der Waals surface area (Å²) in [6.45, 7) is 12.6. The molecular formula is C12H25N3O2SSi. The summed E-state index contributed by atoms with van der Waals surface area (Å²) in [7, 11) is -2.44. The van der Waals surface area contributed by atoms with Gasteiger partial charge in [-0.05, 0) is 12.0 Å². The molecule has 0 saturated carbocycles. The van der Waals surface area contributed by atoms with E-state index in [-0.39, 0.29) is 5.04 Å². The molecular weight excluding hydrogens is 278 g/mol. The molecule has 0 aliphatic rings. The topological polar surface area (TPSA) is 55.2 Å². The Kier molecular flexibility index (Phi) is 4.07. The number of hydrogen-bond donors (Lipinski definition) is 0. The van der Waals surface area contributed by atoms with E-state index < -0.39 is 18.3 Å². The lowest BCUT2D eigenvalue weighted by molar-refractivity contribution is 0.510. The van der Waals surface area contributed by atoms with Gasteiger partial charge in [0.1, 0.15) is 13.5 Å². The van der Waals surface area contributed by atoms with E-state index in [0.29, 0.717) is 11.1 Å². The van der Waals surface area contributed by atoms with Gasteiger partial charge >= 0.3 is 10.2 Å². The third-order valence-corrected chi connectivity index (χ3v) is 11.2. The largest absolute Gasteiger partial charge is 0.308 e. The highest BCUT2D eigenvalue weighted by Gasteiger charge is 2.43. The molecule has 0 bridgehead atoms. The molecule has 0 spiro atoms. The molecule has 1 heterocycles. The van der Waals surface area contributed by atoms with Crippen LogP contribution in [0.25, 0.3) is 0 Å². The fourth-order valence-corrected chi connectivity index (χ4v) is 5.41. The van der Waals surface area contributed by atoms with Crippen LogP contribution in [-0.2, 0) is 10.2 Å². The summed E-state index contributed by atoms with van der Waals surface area (Å²) in [5.41, 5.74) is 1.37. The van der Waals surface area contributed by atoms with Crippen LogP contribution in [-0.4, -0.2) is 43.8 Å². The van der Waals surface area contributed by atoms with E-state index in [1.807, 2.05) is 0 Å². The first-order chi connectivity index (χ1) is 8.33. The van der Waals surface area contributed by atoms with Crippen LogP contribution in [0.2, 0.25) is 18.1 Å². The molecule has 110 valence electrons. The third-order valence-electron chi connectivity index (χ3n) is 4.01. The number of aromatic nitrogens is 2. The lowest BCUT2D eigenvalue weighted by Crippen LogP contribution is -2.56. The van der Waals surface area contributed by atoms with E-state index in [1.165, 1.54) is 8.28 Å². The molecule has 1 rings (SSSR count). The predicted octanol–water partition coefficient (Wildman–Crippen LogP) is 1.56. The highest BCUT2D eigenvalue weighted by molar-refractivity contribution is 7.87. The average molecular weight is 304 g/mol. The minimum absolute atomic E-state index is 0.0321. The molecule has 0 radical (unpaired) electrons. The molecule has 0 aliphatic carbocycles. The maximum atomic E-state index is 12.5. The lowest BCUT2D eigenvalue weighted by Gasteiger charge is -2.36. The van der Waals surface area contributed by atoms with Crippen molar-refractivity contribution >= 4 is 23.7 Å². The van der Waals surface area contributed by atoms with Gasteiger partial charge in [0.25, 0.3) is 0 Å². The van der Waals surface area contributed by atoms with Crippen molar-refractivity contribution in [3.05, 3.63) is 11.9 Å². The second-order valence-electron chi connectivity index (χ2n) is 6.65. The van der Waals surface area contributed by atoms with Crippen molar-refractivity contribution in [3.63, 3.8) is 0 Å². The molecule has 0 amide bonds. The molecule has 0 atom stereocenters. The maximum absolute atomic E-state index is 12.5. The smallest absolute Gasteiger partial charge is 0.246 e. The fraction of sp³-hybridized carbons (Fsp3) is 0.750. The summed E-state index contributed by atoms with van der Waals surface area (Å²) in [5, 5.41) is 0.0321. The molecule has 1 aromatic heterocycles. The van der Waals surface area contributed by atoms with Gasteiger partial charge in [-0.1, -0.05) is 33.9 Å². The van der Waals surface area contributed by atoms with Crippen molar-refractivity contribution < 1.29 is 8.42 Å². The molecule has 0 N–H and O–H groups in total. The van der Waals surface area contributed by atoms with Crippen LogP contribution in [0.5, 0.6) is 0 Å². The number of imidazole rings is 1. The van der Waals surface area contributed by atoms with E-state index in [9.17, 15) is 8.42 Å². The molecule has 7 heteroatoms. The predicted molar refractivity (Wildman–Crippen MR) is 81.8 cm³/mol. The summed E-state index contributed by atoms with van der Waals surface area (Å²) < 4.78 is 27.6. The number of nitrogens with zero attached hydrogens (tertiary/aromatic N) is 3. The van der Waals surface area contributed by atoms with E-state index in [2.05, 4.69) is 38.8 Å². The Morgan fingerprint density at radius 3 is 2.11 bits per heavy atom. The monoisotopic (exact) mass is 303 g/mol. The summed E-state index contributed by atoms with van der Waals surface area (Å²) in [6.07, 6.45) is 1.65. The van der Waals surface area contributed by atoms with Crippen molar-refractivity contribution in [2.75, 3.05) is 14.1 Å². The quantitative estimate of drug-likeness (QED) is 0.796. The second-order valence-corrected chi connectivity index (χ2v) is 13.8. The van der Waals surface area contributed by atoms with Crippen molar-refractivity contribution in [1.29, 1.82) is 0 Å². The Labute approximate surface area is 117 Å². The molecule has 0 aromatic carbocycles. The third kappa shape index (κ3) is 2.64. The lowest BCUT2D eigenvalue weighted by atomic mass is 10.2. The van der Waals surface area contributed by atoms with Gasteiger partial charge in [-0.15, -0.1) is 0 Å². The van der Waals surface area contributed by atoms with Crippen LogP contribution in [0.1, 0.15) is 26.5 Å². The minimum atomic E-state index is -3.52. The molecule has 0 fully saturated rings. The summed E-state index contributed by atoms with van der Waals surface area (Å²) in [5.74, 6) is 0. The van der Waals surface area contributed by atoms with Gasteiger partial charge in [-0.3, -0.25) is 0 Å². The van der Waals surface area contributed by atoms with E-state index in [1.54, 1.807) is 27.2 Å². The highest BCUT2D eigenvalue weighted by Crippen LogP contribution is 2.35. The zero-order valence-electron chi connectivity index (χ0n) is 13.1. The maximum Gasteiger partial charge on any atom is 0.308 e. The zero-order chi connectivity index (χ0) is 15.2. The summed E-state index contributed by atoms with van der Waals surface area (Å²) in [6, 6.07) is 0. The average Bonchev–Trinajstić information content (AvgIpc) is 2.58. The fourth-order valence-electron chi connectivity index (χ4n) is 1.63. The van der Waals surface area contributed by atoms with Crippen molar-refractivity contribution in [1.82, 2.24) is 13.3 Å². The Bertz CT molecular complexity index is 568. The van der Waals surface area contributed by atoms with Crippen molar-refractivity contribution in [2.24, 2.45) is 0 Å². The summed E-state index contributed by atoms with van der Waals surface area (Å²) in [4.78, 5) is 4.42. The second kappa shape index (κ2) is 4.71. The normalized spacial score (nSPS) is 14.2. The summed E-state index contributed by atoms with van der Waals surface area (Å²) >= 11 is 0. The van der Waals surface area contributed by atoms with Gasteiger partial charge in [-0.25, -0.2) is 8.96 Å². The standard InChI is InChI=1S/C12H25N3O2SSi/c1-10-9-13-11(19(7,8)12(2,3)4)15(10)18(16,17)14(5)6/h9H,1-8H3. The Balaban J connectivity index is 3.60. The molecule has 0 aliphatic heterocycles. The van der Waals surface area contributed by atoms with E-state index >= 15 is 0 Å². The van der Waals surface area contributed by atoms with Crippen LogP contribution >= 0.6 is 0 Å². The Morgan fingerprint density at radius 1 is 1.26 bits per heavy atom. The molecule has 5 nitrogen and oxygen atoms in total. The van der Waals surface area contributed by atoms with Gasteiger partial charge < -0.3 is 0 Å². The number of rotatable bonds is 3. The molecule has 0 saturated heterocycles. The first-order valence-corrected chi connectivity index (χ1v) is 10.7. The van der Waals surface area contributed by atoms with Crippen LogP contribution in [0.3, 0.4) is 0 Å². The van der Waals surface area contributed by atoms with Crippen molar-refractivity contribution in [2.45, 2.75) is 45.8 Å². The zero-order valence-corrected chi connectivity index (χ0v) is 15.0. The minimum Gasteiger partial charge on any atom is -0.246 e. The van der Waals surface area contributed by atoms with Crippen LogP contribution in [0.4, 0.5) is 0 Å². The van der Waals surface area contributed by atoms with Crippen LogP contribution in [0.15, 0.2) is 6.20 Å². The van der Waals surface area contributed by atoms with Crippen molar-refractivity contribution in [3.8, 4) is 0 Å². The first-order valence-electron chi connectivity index (χ1n) is 6.31. The molecule has 1 aromatic rings. The number of hydrogen-bond acceptors (Lipinski definition) is 3. The van der Waals surface area contributed by atoms with Gasteiger partial charge in [0.15, 0.2) is 0 Å².